The summed E-state index contributed by atoms with van der Waals surface area (Å²) in [5, 5.41) is 0.458. The van der Waals surface area contributed by atoms with Crippen LogP contribution in [0, 0.1) is 0 Å². The van der Waals surface area contributed by atoms with Crippen LogP contribution in [0.3, 0.4) is 0 Å². The fourth-order valence-corrected chi connectivity index (χ4v) is 6.44. The van der Waals surface area contributed by atoms with Gasteiger partial charge in [-0.15, -0.1) is 11.8 Å². The molecule has 0 radical (unpaired) electrons. The molecular formula is C33H34O3S. The summed E-state index contributed by atoms with van der Waals surface area (Å²) in [5.74, 6) is 0. The van der Waals surface area contributed by atoms with Gasteiger partial charge in [-0.25, -0.2) is 0 Å². The molecule has 1 aliphatic heterocycles. The smallest absolute Gasteiger partial charge is 0.0993 e. The zero-order chi connectivity index (χ0) is 25.1. The maximum absolute atomic E-state index is 6.67. The van der Waals surface area contributed by atoms with Crippen molar-refractivity contribution in [3.63, 3.8) is 0 Å². The van der Waals surface area contributed by atoms with Crippen LogP contribution in [0.25, 0.3) is 0 Å². The molecule has 1 fully saturated rings. The van der Waals surface area contributed by atoms with E-state index in [0.717, 1.165) is 6.42 Å². The van der Waals surface area contributed by atoms with Gasteiger partial charge in [-0.05, 0) is 28.7 Å². The Morgan fingerprint density at radius 3 is 1.35 bits per heavy atom. The van der Waals surface area contributed by atoms with Crippen molar-refractivity contribution < 1.29 is 14.2 Å². The number of rotatable bonds is 12. The van der Waals surface area contributed by atoms with E-state index < -0.39 is 0 Å². The van der Waals surface area contributed by atoms with E-state index in [2.05, 4.69) is 103 Å². The Morgan fingerprint density at radius 2 is 0.865 bits per heavy atom. The molecule has 0 aliphatic carbocycles. The monoisotopic (exact) mass is 510 g/mol. The molecule has 1 heterocycles. The minimum atomic E-state index is -0.0709. The quantitative estimate of drug-likeness (QED) is 0.203. The molecular weight excluding hydrogens is 476 g/mol. The highest BCUT2D eigenvalue weighted by atomic mass is 32.2. The van der Waals surface area contributed by atoms with Crippen LogP contribution >= 0.6 is 11.8 Å². The summed E-state index contributed by atoms with van der Waals surface area (Å²) in [6.45, 7) is 2.35. The van der Waals surface area contributed by atoms with Crippen molar-refractivity contribution in [2.24, 2.45) is 0 Å². The van der Waals surface area contributed by atoms with E-state index >= 15 is 0 Å². The maximum atomic E-state index is 6.67. The maximum Gasteiger partial charge on any atom is 0.0993 e. The molecule has 1 aliphatic rings. The second kappa shape index (κ2) is 13.6. The SMILES string of the molecule is c1ccc(COC[C@H]2S[C@H](Cc3ccccc3)[C@@H](OCc3ccccc3)[C@@H]2OCc2ccccc2)cc1. The summed E-state index contributed by atoms with van der Waals surface area (Å²) in [6.07, 6.45) is 0.823. The predicted molar refractivity (Wildman–Crippen MR) is 151 cm³/mol. The van der Waals surface area contributed by atoms with Gasteiger partial charge in [0.2, 0.25) is 0 Å². The Hall–Kier alpha value is -2.89. The Kier molecular flexibility index (Phi) is 9.46. The van der Waals surface area contributed by atoms with Crippen LogP contribution in [0.5, 0.6) is 0 Å². The second-order valence-corrected chi connectivity index (χ2v) is 10.9. The first kappa shape index (κ1) is 25.7. The minimum absolute atomic E-state index is 0.0422. The molecule has 190 valence electrons. The zero-order valence-corrected chi connectivity index (χ0v) is 21.8. The average molecular weight is 511 g/mol. The first-order chi connectivity index (χ1) is 18.3. The highest BCUT2D eigenvalue weighted by Gasteiger charge is 2.45. The average Bonchev–Trinajstić information content (AvgIpc) is 3.28. The van der Waals surface area contributed by atoms with E-state index in [0.29, 0.717) is 26.4 Å². The van der Waals surface area contributed by atoms with Crippen LogP contribution in [-0.4, -0.2) is 29.3 Å². The first-order valence-corrected chi connectivity index (χ1v) is 13.9. The van der Waals surface area contributed by atoms with Gasteiger partial charge in [0.1, 0.15) is 0 Å². The van der Waals surface area contributed by atoms with Crippen molar-refractivity contribution in [1.82, 2.24) is 0 Å². The van der Waals surface area contributed by atoms with Crippen molar-refractivity contribution in [3.05, 3.63) is 144 Å². The molecule has 3 nitrogen and oxygen atoms in total. The Labute approximate surface area is 224 Å². The lowest BCUT2D eigenvalue weighted by atomic mass is 10.0. The molecule has 0 bridgehead atoms. The molecule has 0 saturated carbocycles. The van der Waals surface area contributed by atoms with E-state index in [1.807, 2.05) is 30.0 Å². The predicted octanol–water partition coefficient (Wildman–Crippen LogP) is 7.10. The van der Waals surface area contributed by atoms with Crippen molar-refractivity contribution in [1.29, 1.82) is 0 Å². The zero-order valence-electron chi connectivity index (χ0n) is 21.0. The van der Waals surface area contributed by atoms with E-state index in [1.165, 1.54) is 22.3 Å². The van der Waals surface area contributed by atoms with Crippen LogP contribution in [0.2, 0.25) is 0 Å². The molecule has 5 rings (SSSR count). The lowest BCUT2D eigenvalue weighted by Crippen LogP contribution is -2.39. The number of hydrogen-bond donors (Lipinski definition) is 0. The lowest BCUT2D eigenvalue weighted by molar-refractivity contribution is -0.0854. The molecule has 4 aromatic rings. The Bertz CT molecular complexity index is 1170. The minimum Gasteiger partial charge on any atom is -0.376 e. The highest BCUT2D eigenvalue weighted by molar-refractivity contribution is 8.01. The van der Waals surface area contributed by atoms with E-state index in [9.17, 15) is 0 Å². The van der Waals surface area contributed by atoms with Crippen LogP contribution < -0.4 is 0 Å². The summed E-state index contributed by atoms with van der Waals surface area (Å²) in [4.78, 5) is 0. The van der Waals surface area contributed by atoms with Gasteiger partial charge in [-0.3, -0.25) is 0 Å². The van der Waals surface area contributed by atoms with Gasteiger partial charge in [0.25, 0.3) is 0 Å². The highest BCUT2D eigenvalue weighted by Crippen LogP contribution is 2.41. The van der Waals surface area contributed by atoms with Crippen molar-refractivity contribution in [3.8, 4) is 0 Å². The molecule has 0 N–H and O–H groups in total. The van der Waals surface area contributed by atoms with Gasteiger partial charge < -0.3 is 14.2 Å². The van der Waals surface area contributed by atoms with Gasteiger partial charge in [0.05, 0.1) is 43.9 Å². The van der Waals surface area contributed by atoms with E-state index in [1.54, 1.807) is 0 Å². The molecule has 0 aromatic heterocycles. The van der Waals surface area contributed by atoms with Crippen LogP contribution in [0.15, 0.2) is 121 Å². The van der Waals surface area contributed by atoms with Gasteiger partial charge in [-0.1, -0.05) is 121 Å². The Balaban J connectivity index is 1.33. The van der Waals surface area contributed by atoms with E-state index in [4.69, 9.17) is 14.2 Å². The number of hydrogen-bond acceptors (Lipinski definition) is 4. The molecule has 4 heteroatoms. The van der Waals surface area contributed by atoms with Gasteiger partial charge >= 0.3 is 0 Å². The van der Waals surface area contributed by atoms with Crippen molar-refractivity contribution in [2.45, 2.75) is 48.9 Å². The van der Waals surface area contributed by atoms with Crippen LogP contribution in [0.4, 0.5) is 0 Å². The van der Waals surface area contributed by atoms with Crippen molar-refractivity contribution >= 4 is 11.8 Å². The summed E-state index contributed by atoms with van der Waals surface area (Å²) in [7, 11) is 0. The molecule has 4 aromatic carbocycles. The molecule has 0 spiro atoms. The summed E-state index contributed by atoms with van der Waals surface area (Å²) >= 11 is 1.95. The number of thioether (sulfide) groups is 1. The van der Waals surface area contributed by atoms with E-state index in [-0.39, 0.29) is 22.7 Å². The van der Waals surface area contributed by atoms with Gasteiger partial charge in [0, 0.05) is 5.25 Å². The molecule has 0 amide bonds. The lowest BCUT2D eigenvalue weighted by Gasteiger charge is -2.27. The summed E-state index contributed by atoms with van der Waals surface area (Å²) in [5.41, 5.74) is 4.85. The van der Waals surface area contributed by atoms with Crippen LogP contribution in [-0.2, 0) is 40.5 Å². The normalized spacial score (nSPS) is 21.2. The number of ether oxygens (including phenoxy) is 3. The van der Waals surface area contributed by atoms with Gasteiger partial charge in [0.15, 0.2) is 0 Å². The van der Waals surface area contributed by atoms with Gasteiger partial charge in [-0.2, -0.15) is 0 Å². The third-order valence-electron chi connectivity index (χ3n) is 6.65. The second-order valence-electron chi connectivity index (χ2n) is 9.43. The summed E-state index contributed by atoms with van der Waals surface area (Å²) < 4.78 is 19.6. The fraction of sp³-hybridized carbons (Fsp3) is 0.273. The first-order valence-electron chi connectivity index (χ1n) is 13.0. The molecule has 0 unspecified atom stereocenters. The largest absolute Gasteiger partial charge is 0.376 e. The Morgan fingerprint density at radius 1 is 0.459 bits per heavy atom. The third-order valence-corrected chi connectivity index (χ3v) is 8.19. The number of benzene rings is 4. The molecule has 1 saturated heterocycles. The standard InChI is InChI=1S/C33H34O3S/c1-5-13-26(14-6-1)21-30-32(35-23-28-17-9-3-10-18-28)33(36-24-29-19-11-4-12-20-29)31(37-30)25-34-22-27-15-7-2-8-16-27/h1-20,30-33H,21-25H2/t30-,31-,32-,33-/m1/s1. The molecule has 37 heavy (non-hydrogen) atoms. The summed E-state index contributed by atoms with van der Waals surface area (Å²) in [6, 6.07) is 41.8. The third kappa shape index (κ3) is 7.56. The van der Waals surface area contributed by atoms with Crippen molar-refractivity contribution in [2.75, 3.05) is 6.61 Å². The fourth-order valence-electron chi connectivity index (χ4n) is 4.75. The van der Waals surface area contributed by atoms with Crippen LogP contribution in [0.1, 0.15) is 22.3 Å². The molecule has 4 atom stereocenters. The topological polar surface area (TPSA) is 27.7 Å².